The molecule has 0 saturated carbocycles. The fourth-order valence-electron chi connectivity index (χ4n) is 1.66. The number of aryl methyl sites for hydroxylation is 2. The number of hydrogen-bond donors (Lipinski definition) is 1. The molecule has 0 bridgehead atoms. The molecule has 0 fully saturated rings. The maximum Gasteiger partial charge on any atom is 0.263 e. The van der Waals surface area contributed by atoms with Crippen molar-refractivity contribution in [3.63, 3.8) is 0 Å². The first kappa shape index (κ1) is 15.1. The summed E-state index contributed by atoms with van der Waals surface area (Å²) < 4.78 is 8.70. The third kappa shape index (κ3) is 3.61. The van der Waals surface area contributed by atoms with Crippen LogP contribution in [-0.4, -0.2) is 22.3 Å². The third-order valence-electron chi connectivity index (χ3n) is 2.54. The van der Waals surface area contributed by atoms with Gasteiger partial charge in [0.05, 0.1) is 14.6 Å². The van der Waals surface area contributed by atoms with E-state index >= 15 is 0 Å². The SMILES string of the molecule is Cc1cc(NC(=O)COc2c(Br)cccc2Br)n(C)n1. The minimum absolute atomic E-state index is 0.0779. The first-order valence-corrected chi connectivity index (χ1v) is 7.43. The maximum atomic E-state index is 11.9. The molecule has 0 aliphatic heterocycles. The summed E-state index contributed by atoms with van der Waals surface area (Å²) >= 11 is 6.76. The van der Waals surface area contributed by atoms with Crippen LogP contribution in [0.1, 0.15) is 5.69 Å². The van der Waals surface area contributed by atoms with Crippen molar-refractivity contribution in [2.75, 3.05) is 11.9 Å². The number of aromatic nitrogens is 2. The van der Waals surface area contributed by atoms with Gasteiger partial charge in [-0.15, -0.1) is 0 Å². The summed E-state index contributed by atoms with van der Waals surface area (Å²) in [5.74, 6) is 1.00. The zero-order valence-electron chi connectivity index (χ0n) is 11.0. The van der Waals surface area contributed by atoms with Gasteiger partial charge >= 0.3 is 0 Å². The van der Waals surface area contributed by atoms with Gasteiger partial charge in [0.2, 0.25) is 0 Å². The summed E-state index contributed by atoms with van der Waals surface area (Å²) in [6.45, 7) is 1.79. The highest BCUT2D eigenvalue weighted by atomic mass is 79.9. The van der Waals surface area contributed by atoms with Crippen LogP contribution in [0.4, 0.5) is 5.82 Å². The lowest BCUT2D eigenvalue weighted by molar-refractivity contribution is -0.118. The number of amides is 1. The summed E-state index contributed by atoms with van der Waals surface area (Å²) in [6.07, 6.45) is 0. The summed E-state index contributed by atoms with van der Waals surface area (Å²) in [4.78, 5) is 11.9. The second kappa shape index (κ2) is 6.41. The Hall–Kier alpha value is -1.34. The first-order chi connectivity index (χ1) is 9.47. The number of anilines is 1. The van der Waals surface area contributed by atoms with Crippen LogP contribution >= 0.6 is 31.9 Å². The van der Waals surface area contributed by atoms with Gasteiger partial charge in [-0.2, -0.15) is 5.10 Å². The number of nitrogens with zero attached hydrogens (tertiary/aromatic N) is 2. The quantitative estimate of drug-likeness (QED) is 0.853. The van der Waals surface area contributed by atoms with Crippen LogP contribution in [0.3, 0.4) is 0 Å². The number of nitrogens with one attached hydrogen (secondary N) is 1. The van der Waals surface area contributed by atoms with Crippen LogP contribution in [0, 0.1) is 6.92 Å². The topological polar surface area (TPSA) is 56.1 Å². The lowest BCUT2D eigenvalue weighted by atomic mass is 10.3. The monoisotopic (exact) mass is 401 g/mol. The fourth-order valence-corrected chi connectivity index (χ4v) is 2.89. The molecule has 0 aliphatic carbocycles. The lowest BCUT2D eigenvalue weighted by Gasteiger charge is -2.10. The number of rotatable bonds is 4. The molecule has 1 aromatic heterocycles. The molecule has 20 heavy (non-hydrogen) atoms. The highest BCUT2D eigenvalue weighted by Crippen LogP contribution is 2.32. The van der Waals surface area contributed by atoms with E-state index in [-0.39, 0.29) is 12.5 Å². The second-order valence-electron chi connectivity index (χ2n) is 4.18. The fraction of sp³-hybridized carbons (Fsp3) is 0.231. The molecular weight excluding hydrogens is 390 g/mol. The Morgan fingerprint density at radius 1 is 1.40 bits per heavy atom. The van der Waals surface area contributed by atoms with Crippen molar-refractivity contribution in [1.82, 2.24) is 9.78 Å². The molecule has 5 nitrogen and oxygen atoms in total. The largest absolute Gasteiger partial charge is 0.481 e. The molecule has 0 unspecified atom stereocenters. The Labute approximate surface area is 133 Å². The molecule has 0 saturated heterocycles. The van der Waals surface area contributed by atoms with Crippen molar-refractivity contribution in [2.45, 2.75) is 6.92 Å². The predicted octanol–water partition coefficient (Wildman–Crippen LogP) is 3.27. The molecule has 106 valence electrons. The van der Waals surface area contributed by atoms with E-state index in [0.29, 0.717) is 11.6 Å². The number of halogens is 2. The molecule has 2 aromatic rings. The van der Waals surface area contributed by atoms with Gasteiger partial charge in [0.1, 0.15) is 11.6 Å². The molecule has 0 atom stereocenters. The Bertz CT molecular complexity index is 620. The van der Waals surface area contributed by atoms with Gasteiger partial charge in [-0.05, 0) is 50.9 Å². The van der Waals surface area contributed by atoms with E-state index in [4.69, 9.17) is 4.74 Å². The van der Waals surface area contributed by atoms with Crippen molar-refractivity contribution < 1.29 is 9.53 Å². The average molecular weight is 403 g/mol. The van der Waals surface area contributed by atoms with Crippen molar-refractivity contribution in [1.29, 1.82) is 0 Å². The minimum atomic E-state index is -0.240. The molecule has 1 aromatic carbocycles. The highest BCUT2D eigenvalue weighted by molar-refractivity contribution is 9.11. The molecular formula is C13H13Br2N3O2. The van der Waals surface area contributed by atoms with E-state index in [1.54, 1.807) is 17.8 Å². The van der Waals surface area contributed by atoms with Crippen molar-refractivity contribution in [2.24, 2.45) is 7.05 Å². The van der Waals surface area contributed by atoms with Crippen molar-refractivity contribution in [3.05, 3.63) is 38.9 Å². The van der Waals surface area contributed by atoms with E-state index in [1.165, 1.54) is 0 Å². The van der Waals surface area contributed by atoms with Crippen LogP contribution < -0.4 is 10.1 Å². The maximum absolute atomic E-state index is 11.9. The zero-order chi connectivity index (χ0) is 14.7. The van der Waals surface area contributed by atoms with Gasteiger partial charge < -0.3 is 10.1 Å². The highest BCUT2D eigenvalue weighted by Gasteiger charge is 2.11. The molecule has 1 N–H and O–H groups in total. The summed E-state index contributed by atoms with van der Waals surface area (Å²) in [5.41, 5.74) is 0.845. The van der Waals surface area contributed by atoms with E-state index in [9.17, 15) is 4.79 Å². The number of ether oxygens (including phenoxy) is 1. The standard InChI is InChI=1S/C13H13Br2N3O2/c1-8-6-11(18(2)17-8)16-12(19)7-20-13-9(14)4-3-5-10(13)15/h3-6H,7H2,1-2H3,(H,16,19). The minimum Gasteiger partial charge on any atom is -0.481 e. The van der Waals surface area contributed by atoms with Crippen LogP contribution in [-0.2, 0) is 11.8 Å². The molecule has 0 aliphatic rings. The Kier molecular flexibility index (Phi) is 4.82. The molecule has 1 heterocycles. The van der Waals surface area contributed by atoms with Gasteiger partial charge in [-0.1, -0.05) is 6.07 Å². The van der Waals surface area contributed by atoms with Gasteiger partial charge in [0, 0.05) is 13.1 Å². The Morgan fingerprint density at radius 2 is 2.05 bits per heavy atom. The first-order valence-electron chi connectivity index (χ1n) is 5.84. The third-order valence-corrected chi connectivity index (χ3v) is 3.78. The summed E-state index contributed by atoms with van der Waals surface area (Å²) in [7, 11) is 1.77. The Morgan fingerprint density at radius 3 is 2.60 bits per heavy atom. The van der Waals surface area contributed by atoms with E-state index < -0.39 is 0 Å². The van der Waals surface area contributed by atoms with Crippen LogP contribution in [0.15, 0.2) is 33.2 Å². The second-order valence-corrected chi connectivity index (χ2v) is 5.89. The van der Waals surface area contributed by atoms with Gasteiger partial charge in [0.15, 0.2) is 6.61 Å². The smallest absolute Gasteiger partial charge is 0.263 e. The van der Waals surface area contributed by atoms with Crippen LogP contribution in [0.25, 0.3) is 0 Å². The molecule has 0 radical (unpaired) electrons. The molecule has 1 amide bonds. The van der Waals surface area contributed by atoms with E-state index in [2.05, 4.69) is 42.3 Å². The number of benzene rings is 1. The lowest BCUT2D eigenvalue weighted by Crippen LogP contribution is -2.21. The molecule has 7 heteroatoms. The van der Waals surface area contributed by atoms with E-state index in [1.807, 2.05) is 25.1 Å². The predicted molar refractivity (Wildman–Crippen MR) is 83.9 cm³/mol. The van der Waals surface area contributed by atoms with Gasteiger partial charge in [-0.3, -0.25) is 9.48 Å². The van der Waals surface area contributed by atoms with E-state index in [0.717, 1.165) is 14.6 Å². The normalized spacial score (nSPS) is 10.4. The Balaban J connectivity index is 1.97. The molecule has 0 spiro atoms. The average Bonchev–Trinajstić information content (AvgIpc) is 2.67. The summed E-state index contributed by atoms with van der Waals surface area (Å²) in [5, 5.41) is 6.90. The number of hydrogen-bond acceptors (Lipinski definition) is 3. The summed E-state index contributed by atoms with van der Waals surface area (Å²) in [6, 6.07) is 7.37. The van der Waals surface area contributed by atoms with Gasteiger partial charge in [0.25, 0.3) is 5.91 Å². The number of para-hydroxylation sites is 1. The van der Waals surface area contributed by atoms with Crippen LogP contribution in [0.2, 0.25) is 0 Å². The van der Waals surface area contributed by atoms with Crippen LogP contribution in [0.5, 0.6) is 5.75 Å². The number of carbonyl (C=O) groups excluding carboxylic acids is 1. The van der Waals surface area contributed by atoms with Crippen molar-refractivity contribution >= 4 is 43.6 Å². The van der Waals surface area contributed by atoms with Crippen molar-refractivity contribution in [3.8, 4) is 5.75 Å². The van der Waals surface area contributed by atoms with Gasteiger partial charge in [-0.25, -0.2) is 0 Å². The zero-order valence-corrected chi connectivity index (χ0v) is 14.2. The number of carbonyl (C=O) groups is 1. The molecule has 2 rings (SSSR count).